The summed E-state index contributed by atoms with van der Waals surface area (Å²) in [4.78, 5) is 14.6. The van der Waals surface area contributed by atoms with E-state index in [0.717, 1.165) is 31.6 Å². The molecule has 0 aromatic heterocycles. The van der Waals surface area contributed by atoms with Crippen molar-refractivity contribution < 1.29 is 9.90 Å². The number of hydrogen-bond acceptors (Lipinski definition) is 3. The molecule has 0 bridgehead atoms. The van der Waals surface area contributed by atoms with Crippen molar-refractivity contribution in [1.82, 2.24) is 10.2 Å². The summed E-state index contributed by atoms with van der Waals surface area (Å²) in [6, 6.07) is 7.57. The number of nitrogens with zero attached hydrogens (tertiary/aromatic N) is 1. The lowest BCUT2D eigenvalue weighted by molar-refractivity contribution is -0.131. The van der Waals surface area contributed by atoms with E-state index in [2.05, 4.69) is 5.32 Å². The molecule has 1 saturated carbocycles. The highest BCUT2D eigenvalue weighted by Gasteiger charge is 2.29. The van der Waals surface area contributed by atoms with Gasteiger partial charge in [-0.25, -0.2) is 0 Å². The van der Waals surface area contributed by atoms with E-state index >= 15 is 0 Å². The smallest absolute Gasteiger partial charge is 0.227 e. The third-order valence-corrected chi connectivity index (χ3v) is 4.46. The maximum Gasteiger partial charge on any atom is 0.227 e. The van der Waals surface area contributed by atoms with E-state index in [1.807, 2.05) is 17.0 Å². The molecule has 3 rings (SSSR count). The Morgan fingerprint density at radius 3 is 2.71 bits per heavy atom. The lowest BCUT2D eigenvalue weighted by Crippen LogP contribution is -2.42. The highest BCUT2D eigenvalue weighted by molar-refractivity contribution is 5.79. The summed E-state index contributed by atoms with van der Waals surface area (Å²) in [6.07, 6.45) is 5.16. The second kappa shape index (κ2) is 6.48. The quantitative estimate of drug-likeness (QED) is 0.841. The maximum absolute atomic E-state index is 12.6. The zero-order valence-corrected chi connectivity index (χ0v) is 12.4. The molecule has 2 N–H and O–H groups in total. The number of aromatic hydroxyl groups is 1. The van der Waals surface area contributed by atoms with Crippen molar-refractivity contribution in [3.63, 3.8) is 0 Å². The number of nitrogens with one attached hydrogen (secondary N) is 1. The van der Waals surface area contributed by atoms with Crippen LogP contribution in [0.25, 0.3) is 0 Å². The number of amides is 1. The fraction of sp³-hybridized carbons (Fsp3) is 0.588. The van der Waals surface area contributed by atoms with E-state index < -0.39 is 0 Å². The lowest BCUT2D eigenvalue weighted by atomic mass is 10.1. The first kappa shape index (κ1) is 14.4. The number of carbonyl (C=O) groups excluding carboxylic acids is 1. The average molecular weight is 288 g/mol. The largest absolute Gasteiger partial charge is 0.508 e. The van der Waals surface area contributed by atoms with Gasteiger partial charge >= 0.3 is 0 Å². The Balaban J connectivity index is 1.63. The Labute approximate surface area is 126 Å². The molecule has 1 saturated heterocycles. The van der Waals surface area contributed by atoms with Gasteiger partial charge in [0.05, 0.1) is 6.42 Å². The molecule has 4 nitrogen and oxygen atoms in total. The summed E-state index contributed by atoms with van der Waals surface area (Å²) in [5.41, 5.74) is 0.725. The van der Waals surface area contributed by atoms with Crippen LogP contribution in [0.3, 0.4) is 0 Å². The van der Waals surface area contributed by atoms with Crippen LogP contribution in [-0.4, -0.2) is 41.6 Å². The Kier molecular flexibility index (Phi) is 4.44. The van der Waals surface area contributed by atoms with Gasteiger partial charge in [-0.1, -0.05) is 18.2 Å². The molecule has 1 aliphatic carbocycles. The highest BCUT2D eigenvalue weighted by atomic mass is 16.3. The standard InChI is InChI=1S/C17H24N2O2/c20-16-6-2-1-4-14(16)10-17(21)19(11-13-7-8-13)12-15-5-3-9-18-15/h1-2,4,6,13,15,18,20H,3,5,7-12H2. The van der Waals surface area contributed by atoms with E-state index in [0.29, 0.717) is 18.4 Å². The molecule has 21 heavy (non-hydrogen) atoms. The molecule has 0 spiro atoms. The third-order valence-electron chi connectivity index (χ3n) is 4.46. The lowest BCUT2D eigenvalue weighted by Gasteiger charge is -2.26. The Morgan fingerprint density at radius 1 is 1.24 bits per heavy atom. The Bertz CT molecular complexity index is 493. The molecule has 1 amide bonds. The minimum atomic E-state index is 0.136. The van der Waals surface area contributed by atoms with Crippen LogP contribution in [0.5, 0.6) is 5.75 Å². The molecular formula is C17H24N2O2. The van der Waals surface area contributed by atoms with E-state index in [4.69, 9.17) is 0 Å². The van der Waals surface area contributed by atoms with Gasteiger partial charge in [0, 0.05) is 24.7 Å². The Morgan fingerprint density at radius 2 is 2.05 bits per heavy atom. The molecule has 0 radical (unpaired) electrons. The minimum Gasteiger partial charge on any atom is -0.508 e. The van der Waals surface area contributed by atoms with E-state index in [1.165, 1.54) is 19.3 Å². The van der Waals surface area contributed by atoms with Crippen molar-refractivity contribution in [2.45, 2.75) is 38.1 Å². The number of benzene rings is 1. The van der Waals surface area contributed by atoms with Crippen molar-refractivity contribution in [3.05, 3.63) is 29.8 Å². The molecule has 1 aliphatic heterocycles. The SMILES string of the molecule is O=C(Cc1ccccc1O)N(CC1CC1)CC1CCCN1. The van der Waals surface area contributed by atoms with Gasteiger partial charge in [-0.15, -0.1) is 0 Å². The second-order valence-corrected chi connectivity index (χ2v) is 6.34. The van der Waals surface area contributed by atoms with Crippen LogP contribution in [0.2, 0.25) is 0 Å². The molecule has 1 unspecified atom stereocenters. The monoisotopic (exact) mass is 288 g/mol. The van der Waals surface area contributed by atoms with Crippen LogP contribution < -0.4 is 5.32 Å². The van der Waals surface area contributed by atoms with Gasteiger partial charge in [0.25, 0.3) is 0 Å². The van der Waals surface area contributed by atoms with Gasteiger partial charge in [-0.2, -0.15) is 0 Å². The molecule has 1 aromatic carbocycles. The number of phenols is 1. The molecule has 1 heterocycles. The van der Waals surface area contributed by atoms with E-state index in [-0.39, 0.29) is 11.7 Å². The van der Waals surface area contributed by atoms with Crippen molar-refractivity contribution in [2.75, 3.05) is 19.6 Å². The number of hydrogen-bond donors (Lipinski definition) is 2. The second-order valence-electron chi connectivity index (χ2n) is 6.34. The molecule has 2 aliphatic rings. The number of rotatable bonds is 6. The van der Waals surface area contributed by atoms with Crippen LogP contribution >= 0.6 is 0 Å². The van der Waals surface area contributed by atoms with Crippen LogP contribution in [0, 0.1) is 5.92 Å². The Hall–Kier alpha value is -1.55. The number of phenolic OH excluding ortho intramolecular Hbond substituents is 1. The van der Waals surface area contributed by atoms with Crippen LogP contribution in [0.15, 0.2) is 24.3 Å². The fourth-order valence-corrected chi connectivity index (χ4v) is 3.00. The first-order valence-electron chi connectivity index (χ1n) is 8.00. The van der Waals surface area contributed by atoms with Crippen LogP contribution in [0.1, 0.15) is 31.2 Å². The molecule has 1 atom stereocenters. The summed E-state index contributed by atoms with van der Waals surface area (Å²) in [5, 5.41) is 13.3. The average Bonchev–Trinajstić information content (AvgIpc) is 3.14. The van der Waals surface area contributed by atoms with Gasteiger partial charge in [0.2, 0.25) is 5.91 Å². The first-order chi connectivity index (χ1) is 10.2. The van der Waals surface area contributed by atoms with Gasteiger partial charge < -0.3 is 15.3 Å². The molecule has 114 valence electrons. The topological polar surface area (TPSA) is 52.6 Å². The van der Waals surface area contributed by atoms with E-state index in [1.54, 1.807) is 12.1 Å². The van der Waals surface area contributed by atoms with Crippen molar-refractivity contribution in [2.24, 2.45) is 5.92 Å². The normalized spacial score (nSPS) is 21.4. The zero-order chi connectivity index (χ0) is 14.7. The predicted octanol–water partition coefficient (Wildman–Crippen LogP) is 1.93. The summed E-state index contributed by atoms with van der Waals surface area (Å²) in [5.74, 6) is 1.05. The van der Waals surface area contributed by atoms with Gasteiger partial charge in [0.1, 0.15) is 5.75 Å². The van der Waals surface area contributed by atoms with Crippen LogP contribution in [0.4, 0.5) is 0 Å². The summed E-state index contributed by atoms with van der Waals surface area (Å²) >= 11 is 0. The summed E-state index contributed by atoms with van der Waals surface area (Å²) in [6.45, 7) is 2.75. The van der Waals surface area contributed by atoms with Crippen LogP contribution in [-0.2, 0) is 11.2 Å². The molecule has 2 fully saturated rings. The fourth-order valence-electron chi connectivity index (χ4n) is 3.00. The van der Waals surface area contributed by atoms with Gasteiger partial charge in [-0.3, -0.25) is 4.79 Å². The van der Waals surface area contributed by atoms with Gasteiger partial charge in [0.15, 0.2) is 0 Å². The van der Waals surface area contributed by atoms with Crippen molar-refractivity contribution >= 4 is 5.91 Å². The van der Waals surface area contributed by atoms with Crippen molar-refractivity contribution in [1.29, 1.82) is 0 Å². The molecular weight excluding hydrogens is 264 g/mol. The highest BCUT2D eigenvalue weighted by Crippen LogP contribution is 2.30. The minimum absolute atomic E-state index is 0.136. The first-order valence-corrected chi connectivity index (χ1v) is 8.00. The molecule has 1 aromatic rings. The number of para-hydroxylation sites is 1. The van der Waals surface area contributed by atoms with E-state index in [9.17, 15) is 9.90 Å². The number of carbonyl (C=O) groups is 1. The molecule has 4 heteroatoms. The van der Waals surface area contributed by atoms with Crippen molar-refractivity contribution in [3.8, 4) is 5.75 Å². The summed E-state index contributed by atoms with van der Waals surface area (Å²) < 4.78 is 0. The zero-order valence-electron chi connectivity index (χ0n) is 12.4. The van der Waals surface area contributed by atoms with Gasteiger partial charge in [-0.05, 0) is 44.2 Å². The summed E-state index contributed by atoms with van der Waals surface area (Å²) in [7, 11) is 0. The maximum atomic E-state index is 12.6. The predicted molar refractivity (Wildman–Crippen MR) is 82.1 cm³/mol. The third kappa shape index (κ3) is 3.97.